The lowest BCUT2D eigenvalue weighted by atomic mass is 9.77. The van der Waals surface area contributed by atoms with Gasteiger partial charge < -0.3 is 15.2 Å². The van der Waals surface area contributed by atoms with Crippen LogP contribution in [0.2, 0.25) is 0 Å². The summed E-state index contributed by atoms with van der Waals surface area (Å²) in [5, 5.41) is 0. The first kappa shape index (κ1) is 12.2. The van der Waals surface area contributed by atoms with E-state index in [0.717, 1.165) is 12.8 Å². The second kappa shape index (κ2) is 4.92. The average molecular weight is 239 g/mol. The molecule has 2 N–H and O–H groups in total. The van der Waals surface area contributed by atoms with E-state index in [-0.39, 0.29) is 11.9 Å². The maximum atomic E-state index is 13.9. The van der Waals surface area contributed by atoms with Gasteiger partial charge in [0.2, 0.25) is 0 Å². The first-order valence-electron chi connectivity index (χ1n) is 5.84. The van der Waals surface area contributed by atoms with Gasteiger partial charge in [-0.3, -0.25) is 0 Å². The second-order valence-corrected chi connectivity index (χ2v) is 4.45. The monoisotopic (exact) mass is 239 g/mol. The Morgan fingerprint density at radius 2 is 1.82 bits per heavy atom. The summed E-state index contributed by atoms with van der Waals surface area (Å²) in [5.41, 5.74) is 6.60. The molecule has 1 aromatic carbocycles. The summed E-state index contributed by atoms with van der Waals surface area (Å²) >= 11 is 0. The van der Waals surface area contributed by atoms with Gasteiger partial charge in [-0.25, -0.2) is 4.39 Å². The molecule has 17 heavy (non-hydrogen) atoms. The number of benzene rings is 1. The normalized spacial score (nSPS) is 17.4. The van der Waals surface area contributed by atoms with Gasteiger partial charge in [-0.2, -0.15) is 0 Å². The molecular weight excluding hydrogens is 221 g/mol. The molecule has 1 saturated carbocycles. The molecule has 0 saturated heterocycles. The SMILES string of the molecule is COc1cc(F)c(C(N)C2CCC2)cc1OC. The Morgan fingerprint density at radius 1 is 1.24 bits per heavy atom. The van der Waals surface area contributed by atoms with Crippen molar-refractivity contribution < 1.29 is 13.9 Å². The minimum absolute atomic E-state index is 0.247. The number of nitrogens with two attached hydrogens (primary N) is 1. The minimum atomic E-state index is -0.318. The zero-order valence-electron chi connectivity index (χ0n) is 10.2. The van der Waals surface area contributed by atoms with Crippen LogP contribution < -0.4 is 15.2 Å². The van der Waals surface area contributed by atoms with E-state index < -0.39 is 0 Å². The van der Waals surface area contributed by atoms with Crippen LogP contribution in [0.25, 0.3) is 0 Å². The molecule has 0 aliphatic heterocycles. The molecule has 1 aliphatic carbocycles. The first-order chi connectivity index (χ1) is 8.17. The van der Waals surface area contributed by atoms with Crippen molar-refractivity contribution in [3.63, 3.8) is 0 Å². The summed E-state index contributed by atoms with van der Waals surface area (Å²) < 4.78 is 24.1. The molecule has 0 spiro atoms. The Morgan fingerprint density at radius 3 is 2.29 bits per heavy atom. The molecule has 0 heterocycles. The molecule has 1 fully saturated rings. The third-order valence-electron chi connectivity index (χ3n) is 3.52. The number of hydrogen-bond donors (Lipinski definition) is 1. The maximum Gasteiger partial charge on any atom is 0.163 e. The van der Waals surface area contributed by atoms with Gasteiger partial charge in [0.1, 0.15) is 5.82 Å². The van der Waals surface area contributed by atoms with Gasteiger partial charge >= 0.3 is 0 Å². The van der Waals surface area contributed by atoms with Gasteiger partial charge in [0, 0.05) is 17.7 Å². The third-order valence-corrected chi connectivity index (χ3v) is 3.52. The first-order valence-corrected chi connectivity index (χ1v) is 5.84. The van der Waals surface area contributed by atoms with Crippen molar-refractivity contribution in [1.29, 1.82) is 0 Å². The highest BCUT2D eigenvalue weighted by Gasteiger charge is 2.28. The molecule has 1 aromatic rings. The van der Waals surface area contributed by atoms with Crippen LogP contribution in [0, 0.1) is 11.7 Å². The topological polar surface area (TPSA) is 44.5 Å². The smallest absolute Gasteiger partial charge is 0.163 e. The summed E-state index contributed by atoms with van der Waals surface area (Å²) in [4.78, 5) is 0. The van der Waals surface area contributed by atoms with E-state index in [0.29, 0.717) is 23.0 Å². The van der Waals surface area contributed by atoms with Crippen molar-refractivity contribution in [2.24, 2.45) is 11.7 Å². The van der Waals surface area contributed by atoms with Crippen molar-refractivity contribution in [2.75, 3.05) is 14.2 Å². The van der Waals surface area contributed by atoms with Crippen molar-refractivity contribution in [3.05, 3.63) is 23.5 Å². The standard InChI is InChI=1S/C13H18FNO2/c1-16-11-6-9(10(14)7-12(11)17-2)13(15)8-4-3-5-8/h6-8,13H,3-5,15H2,1-2H3. The summed E-state index contributed by atoms with van der Waals surface area (Å²) in [7, 11) is 3.03. The van der Waals surface area contributed by atoms with Crippen LogP contribution in [0.4, 0.5) is 4.39 Å². The molecule has 0 aromatic heterocycles. The van der Waals surface area contributed by atoms with Gasteiger partial charge in [0.05, 0.1) is 14.2 Å². The van der Waals surface area contributed by atoms with Crippen LogP contribution >= 0.6 is 0 Å². The van der Waals surface area contributed by atoms with E-state index in [1.165, 1.54) is 26.7 Å². The van der Waals surface area contributed by atoms with E-state index in [1.807, 2.05) is 0 Å². The molecule has 0 bridgehead atoms. The molecule has 3 nitrogen and oxygen atoms in total. The van der Waals surface area contributed by atoms with E-state index >= 15 is 0 Å². The highest BCUT2D eigenvalue weighted by molar-refractivity contribution is 5.44. The molecule has 1 unspecified atom stereocenters. The zero-order chi connectivity index (χ0) is 12.4. The molecule has 1 atom stereocenters. The largest absolute Gasteiger partial charge is 0.493 e. The van der Waals surface area contributed by atoms with Crippen LogP contribution in [0.1, 0.15) is 30.9 Å². The molecule has 0 amide bonds. The summed E-state index contributed by atoms with van der Waals surface area (Å²) in [6.45, 7) is 0. The van der Waals surface area contributed by atoms with Gasteiger partial charge in [0.25, 0.3) is 0 Å². The molecule has 94 valence electrons. The van der Waals surface area contributed by atoms with Crippen LogP contribution in [-0.4, -0.2) is 14.2 Å². The highest BCUT2D eigenvalue weighted by Crippen LogP contribution is 2.39. The maximum absolute atomic E-state index is 13.9. The van der Waals surface area contributed by atoms with Crippen molar-refractivity contribution in [3.8, 4) is 11.5 Å². The van der Waals surface area contributed by atoms with Crippen molar-refractivity contribution in [1.82, 2.24) is 0 Å². The minimum Gasteiger partial charge on any atom is -0.493 e. The average Bonchev–Trinajstić information content (AvgIpc) is 2.26. The Hall–Kier alpha value is -1.29. The number of halogens is 1. The summed E-state index contributed by atoms with van der Waals surface area (Å²) in [6, 6.07) is 2.74. The lowest BCUT2D eigenvalue weighted by Gasteiger charge is -2.31. The van der Waals surface area contributed by atoms with Crippen molar-refractivity contribution in [2.45, 2.75) is 25.3 Å². The molecule has 2 rings (SSSR count). The van der Waals surface area contributed by atoms with Crippen LogP contribution in [0.15, 0.2) is 12.1 Å². The predicted molar refractivity (Wildman–Crippen MR) is 63.8 cm³/mol. The summed E-state index contributed by atoms with van der Waals surface area (Å²) in [6.07, 6.45) is 3.34. The Balaban J connectivity index is 2.32. The number of ether oxygens (including phenoxy) is 2. The van der Waals surface area contributed by atoms with Gasteiger partial charge in [-0.05, 0) is 24.8 Å². The van der Waals surface area contributed by atoms with Crippen LogP contribution in [0.3, 0.4) is 0 Å². The van der Waals surface area contributed by atoms with E-state index in [1.54, 1.807) is 6.07 Å². The van der Waals surface area contributed by atoms with Crippen LogP contribution in [-0.2, 0) is 0 Å². The zero-order valence-corrected chi connectivity index (χ0v) is 10.2. The van der Waals surface area contributed by atoms with E-state index in [2.05, 4.69) is 0 Å². The van der Waals surface area contributed by atoms with E-state index in [4.69, 9.17) is 15.2 Å². The van der Waals surface area contributed by atoms with Crippen LogP contribution in [0.5, 0.6) is 11.5 Å². The highest BCUT2D eigenvalue weighted by atomic mass is 19.1. The third kappa shape index (κ3) is 2.22. The molecule has 4 heteroatoms. The van der Waals surface area contributed by atoms with E-state index in [9.17, 15) is 4.39 Å². The van der Waals surface area contributed by atoms with Gasteiger partial charge in [-0.15, -0.1) is 0 Å². The second-order valence-electron chi connectivity index (χ2n) is 4.45. The van der Waals surface area contributed by atoms with Gasteiger partial charge in [-0.1, -0.05) is 6.42 Å². The predicted octanol–water partition coefficient (Wildman–Crippen LogP) is 2.64. The molecular formula is C13H18FNO2. The fraction of sp³-hybridized carbons (Fsp3) is 0.538. The molecule has 0 radical (unpaired) electrons. The fourth-order valence-electron chi connectivity index (χ4n) is 2.18. The van der Waals surface area contributed by atoms with Gasteiger partial charge in [0.15, 0.2) is 11.5 Å². The number of hydrogen-bond acceptors (Lipinski definition) is 3. The lowest BCUT2D eigenvalue weighted by Crippen LogP contribution is -2.27. The Bertz CT molecular complexity index is 405. The summed E-state index contributed by atoms with van der Waals surface area (Å²) in [5.74, 6) is 0.998. The van der Waals surface area contributed by atoms with Crippen molar-refractivity contribution >= 4 is 0 Å². The fourth-order valence-corrected chi connectivity index (χ4v) is 2.18. The Labute approximate surface area is 101 Å². The lowest BCUT2D eigenvalue weighted by molar-refractivity contribution is 0.259. The molecule has 1 aliphatic rings. The number of rotatable bonds is 4. The number of methoxy groups -OCH3 is 2. The Kier molecular flexibility index (Phi) is 3.52. The quantitative estimate of drug-likeness (QED) is 0.878.